The predicted octanol–water partition coefficient (Wildman–Crippen LogP) is 2.78. The van der Waals surface area contributed by atoms with Crippen LogP contribution < -0.4 is 5.73 Å². The molecule has 1 aliphatic carbocycles. The molecule has 92 valence electrons. The Morgan fingerprint density at radius 3 is 2.82 bits per heavy atom. The summed E-state index contributed by atoms with van der Waals surface area (Å²) < 4.78 is 0. The van der Waals surface area contributed by atoms with Gasteiger partial charge in [-0.05, 0) is 68.3 Å². The number of likely N-dealkylation sites (tertiary alicyclic amines) is 1. The highest BCUT2D eigenvalue weighted by Crippen LogP contribution is 2.35. The zero-order valence-corrected chi connectivity index (χ0v) is 10.5. The Bertz CT molecular complexity index is 394. The lowest BCUT2D eigenvalue weighted by atomic mass is 9.82. The van der Waals surface area contributed by atoms with Gasteiger partial charge < -0.3 is 10.6 Å². The van der Waals surface area contributed by atoms with Crippen molar-refractivity contribution in [2.75, 3.05) is 25.4 Å². The minimum atomic E-state index is 0.723. The van der Waals surface area contributed by atoms with E-state index in [4.69, 9.17) is 5.73 Å². The van der Waals surface area contributed by atoms with Crippen LogP contribution in [0.5, 0.6) is 0 Å². The van der Waals surface area contributed by atoms with Gasteiger partial charge >= 0.3 is 0 Å². The Balaban J connectivity index is 1.81. The highest BCUT2D eigenvalue weighted by Gasteiger charge is 2.24. The van der Waals surface area contributed by atoms with Crippen molar-refractivity contribution in [3.05, 3.63) is 29.3 Å². The molecular formula is C15H22N2. The normalized spacial score (nSPS) is 24.8. The summed E-state index contributed by atoms with van der Waals surface area (Å²) in [5.41, 5.74) is 10.1. The Hall–Kier alpha value is -1.02. The van der Waals surface area contributed by atoms with Crippen LogP contribution in [-0.2, 0) is 6.42 Å². The number of hydrogen-bond acceptors (Lipinski definition) is 2. The van der Waals surface area contributed by atoms with Gasteiger partial charge in [0, 0.05) is 12.2 Å². The molecule has 2 aliphatic rings. The lowest BCUT2D eigenvalue weighted by molar-refractivity contribution is 0.300. The van der Waals surface area contributed by atoms with Gasteiger partial charge in [0.05, 0.1) is 0 Å². The van der Waals surface area contributed by atoms with Crippen LogP contribution in [0, 0.1) is 0 Å². The van der Waals surface area contributed by atoms with Gasteiger partial charge in [0.25, 0.3) is 0 Å². The zero-order valence-electron chi connectivity index (χ0n) is 10.5. The van der Waals surface area contributed by atoms with E-state index >= 15 is 0 Å². The summed E-state index contributed by atoms with van der Waals surface area (Å²) in [6, 6.07) is 6.47. The molecule has 1 aliphatic heterocycles. The molecule has 1 unspecified atom stereocenters. The zero-order chi connectivity index (χ0) is 11.7. The molecule has 17 heavy (non-hydrogen) atoms. The molecule has 0 spiro atoms. The van der Waals surface area contributed by atoms with Gasteiger partial charge in [0.2, 0.25) is 0 Å². The van der Waals surface area contributed by atoms with E-state index in [0.717, 1.165) is 11.6 Å². The molecule has 0 radical (unpaired) electrons. The van der Waals surface area contributed by atoms with E-state index in [9.17, 15) is 0 Å². The van der Waals surface area contributed by atoms with Crippen molar-refractivity contribution in [2.24, 2.45) is 0 Å². The molecule has 1 heterocycles. The number of hydrogen-bond donors (Lipinski definition) is 1. The van der Waals surface area contributed by atoms with Crippen LogP contribution in [0.25, 0.3) is 0 Å². The molecule has 0 saturated carbocycles. The summed E-state index contributed by atoms with van der Waals surface area (Å²) >= 11 is 0. The molecule has 2 nitrogen and oxygen atoms in total. The molecular weight excluding hydrogens is 208 g/mol. The minimum absolute atomic E-state index is 0.723. The molecule has 2 heteroatoms. The highest BCUT2D eigenvalue weighted by molar-refractivity contribution is 5.53. The largest absolute Gasteiger partial charge is 0.398 e. The van der Waals surface area contributed by atoms with Crippen LogP contribution in [0.15, 0.2) is 18.2 Å². The smallest absolute Gasteiger partial charge is 0.0349 e. The number of nitrogen functional groups attached to an aromatic ring is 1. The first-order valence-electron chi connectivity index (χ1n) is 6.94. The van der Waals surface area contributed by atoms with Crippen LogP contribution in [0.3, 0.4) is 0 Å². The summed E-state index contributed by atoms with van der Waals surface area (Å²) in [6.45, 7) is 3.85. The third-order valence-corrected chi connectivity index (χ3v) is 4.34. The maximum Gasteiger partial charge on any atom is 0.0349 e. The fourth-order valence-corrected chi connectivity index (χ4v) is 3.44. The van der Waals surface area contributed by atoms with Gasteiger partial charge in [0.1, 0.15) is 0 Å². The fraction of sp³-hybridized carbons (Fsp3) is 0.600. The molecule has 0 bridgehead atoms. The monoisotopic (exact) mass is 230 g/mol. The molecule has 0 amide bonds. The number of nitrogens with two attached hydrogens (primary N) is 1. The van der Waals surface area contributed by atoms with E-state index in [2.05, 4.69) is 23.1 Å². The first kappa shape index (κ1) is 11.1. The van der Waals surface area contributed by atoms with Crippen molar-refractivity contribution in [1.29, 1.82) is 0 Å². The first-order chi connectivity index (χ1) is 8.34. The second kappa shape index (κ2) is 4.69. The second-order valence-corrected chi connectivity index (χ2v) is 5.51. The fourth-order valence-electron chi connectivity index (χ4n) is 3.44. The van der Waals surface area contributed by atoms with Crippen molar-refractivity contribution in [3.63, 3.8) is 0 Å². The quantitative estimate of drug-likeness (QED) is 0.792. The minimum Gasteiger partial charge on any atom is -0.398 e. The van der Waals surface area contributed by atoms with Crippen molar-refractivity contribution in [3.8, 4) is 0 Å². The molecule has 1 aromatic carbocycles. The lowest BCUT2D eigenvalue weighted by Crippen LogP contribution is -2.27. The van der Waals surface area contributed by atoms with Crippen LogP contribution in [0.1, 0.15) is 42.7 Å². The Morgan fingerprint density at radius 2 is 2.00 bits per heavy atom. The van der Waals surface area contributed by atoms with Gasteiger partial charge in [-0.2, -0.15) is 0 Å². The predicted molar refractivity (Wildman–Crippen MR) is 72.2 cm³/mol. The second-order valence-electron chi connectivity index (χ2n) is 5.51. The number of rotatable bonds is 2. The first-order valence-corrected chi connectivity index (χ1v) is 6.94. The standard InChI is InChI=1S/C15H22N2/c16-15-8-4-6-13-12(5-3-7-14(13)15)11-17-9-1-2-10-17/h4,6,8,12H,1-3,5,7,9-11,16H2. The van der Waals surface area contributed by atoms with Gasteiger partial charge in [-0.3, -0.25) is 0 Å². The average molecular weight is 230 g/mol. The van der Waals surface area contributed by atoms with Crippen LogP contribution in [0.4, 0.5) is 5.69 Å². The Kier molecular flexibility index (Phi) is 3.06. The summed E-state index contributed by atoms with van der Waals surface area (Å²) in [5.74, 6) is 0.723. The summed E-state index contributed by atoms with van der Waals surface area (Å²) in [5, 5.41) is 0. The molecule has 1 saturated heterocycles. The van der Waals surface area contributed by atoms with Crippen molar-refractivity contribution in [1.82, 2.24) is 4.90 Å². The average Bonchev–Trinajstić information content (AvgIpc) is 2.83. The van der Waals surface area contributed by atoms with Gasteiger partial charge in [0.15, 0.2) is 0 Å². The summed E-state index contributed by atoms with van der Waals surface area (Å²) in [6.07, 6.45) is 6.60. The van der Waals surface area contributed by atoms with Crippen molar-refractivity contribution < 1.29 is 0 Å². The maximum atomic E-state index is 6.10. The molecule has 2 N–H and O–H groups in total. The van der Waals surface area contributed by atoms with E-state index in [1.54, 1.807) is 0 Å². The van der Waals surface area contributed by atoms with E-state index in [-0.39, 0.29) is 0 Å². The van der Waals surface area contributed by atoms with Crippen molar-refractivity contribution >= 4 is 5.69 Å². The third-order valence-electron chi connectivity index (χ3n) is 4.34. The van der Waals surface area contributed by atoms with Crippen LogP contribution >= 0.6 is 0 Å². The Morgan fingerprint density at radius 1 is 1.18 bits per heavy atom. The number of benzene rings is 1. The number of fused-ring (bicyclic) bond motifs is 1. The van der Waals surface area contributed by atoms with Gasteiger partial charge in [-0.1, -0.05) is 12.1 Å². The summed E-state index contributed by atoms with van der Waals surface area (Å²) in [4.78, 5) is 2.63. The van der Waals surface area contributed by atoms with E-state index in [0.29, 0.717) is 0 Å². The Labute approximate surface area is 104 Å². The third kappa shape index (κ3) is 2.19. The van der Waals surface area contributed by atoms with Crippen LogP contribution in [0.2, 0.25) is 0 Å². The topological polar surface area (TPSA) is 29.3 Å². The van der Waals surface area contributed by atoms with Gasteiger partial charge in [-0.15, -0.1) is 0 Å². The van der Waals surface area contributed by atoms with Gasteiger partial charge in [-0.25, -0.2) is 0 Å². The summed E-state index contributed by atoms with van der Waals surface area (Å²) in [7, 11) is 0. The molecule has 3 rings (SSSR count). The van der Waals surface area contributed by atoms with E-state index < -0.39 is 0 Å². The number of nitrogens with zero attached hydrogens (tertiary/aromatic N) is 1. The van der Waals surface area contributed by atoms with E-state index in [1.165, 1.54) is 62.9 Å². The maximum absolute atomic E-state index is 6.10. The molecule has 1 atom stereocenters. The van der Waals surface area contributed by atoms with E-state index in [1.807, 2.05) is 0 Å². The lowest BCUT2D eigenvalue weighted by Gasteiger charge is -2.29. The van der Waals surface area contributed by atoms with Crippen molar-refractivity contribution in [2.45, 2.75) is 38.0 Å². The molecule has 1 fully saturated rings. The SMILES string of the molecule is Nc1cccc2c1CCCC2CN1CCCC1. The number of anilines is 1. The van der Waals surface area contributed by atoms with Crippen LogP contribution in [-0.4, -0.2) is 24.5 Å². The molecule has 0 aromatic heterocycles. The molecule has 1 aromatic rings. The highest BCUT2D eigenvalue weighted by atomic mass is 15.1.